The summed E-state index contributed by atoms with van der Waals surface area (Å²) in [6, 6.07) is 49.9. The van der Waals surface area contributed by atoms with Gasteiger partial charge in [-0.2, -0.15) is 0 Å². The van der Waals surface area contributed by atoms with Gasteiger partial charge in [0, 0.05) is 16.2 Å². The molecule has 1 heterocycles. The van der Waals surface area contributed by atoms with Crippen LogP contribution in [0.1, 0.15) is 59.6 Å². The van der Waals surface area contributed by atoms with Crippen molar-refractivity contribution < 1.29 is 4.42 Å². The average molecular weight is 741 g/mol. The van der Waals surface area contributed by atoms with Gasteiger partial charge in [0.2, 0.25) is 0 Å². The molecule has 0 spiro atoms. The van der Waals surface area contributed by atoms with E-state index in [1.807, 2.05) is 6.07 Å². The smallest absolute Gasteiger partial charge is 0.135 e. The summed E-state index contributed by atoms with van der Waals surface area (Å²) in [5.74, 6) is 1.31. The molecule has 8 aromatic carbocycles. The second-order valence-corrected chi connectivity index (χ2v) is 17.4. The number of hydrogen-bond acceptors (Lipinski definition) is 1. The van der Waals surface area contributed by atoms with Crippen molar-refractivity contribution in [1.82, 2.24) is 0 Å². The molecule has 1 nitrogen and oxygen atoms in total. The topological polar surface area (TPSA) is 13.1 Å². The van der Waals surface area contributed by atoms with Gasteiger partial charge in [0.05, 0.1) is 0 Å². The van der Waals surface area contributed by atoms with Crippen LogP contribution >= 0.6 is 0 Å². The summed E-state index contributed by atoms with van der Waals surface area (Å²) >= 11 is 0. The summed E-state index contributed by atoms with van der Waals surface area (Å²) in [6.45, 7) is 4.89. The molecule has 4 aliphatic carbocycles. The van der Waals surface area contributed by atoms with Crippen molar-refractivity contribution in [1.29, 1.82) is 0 Å². The van der Waals surface area contributed by atoms with E-state index < -0.39 is 0 Å². The molecule has 1 aromatic heterocycles. The molecule has 0 saturated heterocycles. The van der Waals surface area contributed by atoms with Gasteiger partial charge >= 0.3 is 0 Å². The van der Waals surface area contributed by atoms with Gasteiger partial charge in [0.25, 0.3) is 0 Å². The Hall–Kier alpha value is -6.70. The van der Waals surface area contributed by atoms with E-state index in [0.29, 0.717) is 11.8 Å². The van der Waals surface area contributed by atoms with Crippen molar-refractivity contribution in [2.75, 3.05) is 0 Å². The fraction of sp³-hybridized carbons (Fsp3) is 0.123. The number of para-hydroxylation sites is 1. The Bertz CT molecular complexity index is 3380. The molecule has 2 atom stereocenters. The Balaban J connectivity index is 1.01. The molecule has 4 aliphatic rings. The van der Waals surface area contributed by atoms with Crippen LogP contribution in [0.15, 0.2) is 162 Å². The Morgan fingerprint density at radius 3 is 2.12 bits per heavy atom. The molecule has 2 unspecified atom stereocenters. The summed E-state index contributed by atoms with van der Waals surface area (Å²) in [6.07, 6.45) is 16.1. The van der Waals surface area contributed by atoms with E-state index in [4.69, 9.17) is 4.42 Å². The van der Waals surface area contributed by atoms with Crippen LogP contribution in [-0.2, 0) is 11.8 Å². The van der Waals surface area contributed by atoms with Gasteiger partial charge in [-0.3, -0.25) is 0 Å². The van der Waals surface area contributed by atoms with Gasteiger partial charge in [-0.15, -0.1) is 0 Å². The molecular weight excluding hydrogens is 701 g/mol. The highest BCUT2D eigenvalue weighted by atomic mass is 16.3. The third-order valence-electron chi connectivity index (χ3n) is 13.9. The van der Waals surface area contributed by atoms with Gasteiger partial charge in [-0.25, -0.2) is 0 Å². The van der Waals surface area contributed by atoms with E-state index in [2.05, 4.69) is 178 Å². The van der Waals surface area contributed by atoms with Crippen LogP contribution in [0, 0.1) is 5.92 Å². The number of fused-ring (bicyclic) bond motifs is 15. The largest absolute Gasteiger partial charge is 0.456 e. The first kappa shape index (κ1) is 32.4. The molecule has 58 heavy (non-hydrogen) atoms. The van der Waals surface area contributed by atoms with Crippen LogP contribution in [0.2, 0.25) is 0 Å². The lowest BCUT2D eigenvalue weighted by molar-refractivity contribution is 0.665. The van der Waals surface area contributed by atoms with E-state index in [9.17, 15) is 0 Å². The average Bonchev–Trinajstić information content (AvgIpc) is 3.98. The Labute approximate surface area is 338 Å². The second kappa shape index (κ2) is 11.7. The Kier molecular flexibility index (Phi) is 6.52. The van der Waals surface area contributed by atoms with Crippen LogP contribution < -0.4 is 0 Å². The summed E-state index contributed by atoms with van der Waals surface area (Å²) < 4.78 is 6.26. The standard InChI is InChI=1S/C57H40O/c1-57(2)49-27-24-34(30-48(49)55-54-44(26-23-35-31-46(35)54)38-15-6-9-21-45(38)56(55)57)33-13-12-14-36(29-33)52-40-17-4-3-5-18-41(40)53(43-20-8-7-19-42(43)52)37-25-28-51-47(32-37)39-16-10-11-22-50(39)58-51/h3-17,19-30,32,35,46H,18,31H2,1-2H3. The highest BCUT2D eigenvalue weighted by Crippen LogP contribution is 2.62. The van der Waals surface area contributed by atoms with E-state index in [-0.39, 0.29) is 5.41 Å². The quantitative estimate of drug-likeness (QED) is 0.176. The minimum atomic E-state index is -0.0843. The van der Waals surface area contributed by atoms with Gasteiger partial charge in [-0.1, -0.05) is 153 Å². The number of benzene rings is 8. The zero-order chi connectivity index (χ0) is 38.3. The first-order chi connectivity index (χ1) is 28.5. The summed E-state index contributed by atoms with van der Waals surface area (Å²) in [5.41, 5.74) is 20.9. The maximum Gasteiger partial charge on any atom is 0.135 e. The Morgan fingerprint density at radius 2 is 1.24 bits per heavy atom. The van der Waals surface area contributed by atoms with Gasteiger partial charge in [0.15, 0.2) is 0 Å². The van der Waals surface area contributed by atoms with Crippen molar-refractivity contribution in [2.45, 2.75) is 38.0 Å². The predicted octanol–water partition coefficient (Wildman–Crippen LogP) is 15.5. The maximum absolute atomic E-state index is 6.26. The van der Waals surface area contributed by atoms with Gasteiger partial charge < -0.3 is 4.42 Å². The first-order valence-corrected chi connectivity index (χ1v) is 20.9. The fourth-order valence-electron chi connectivity index (χ4n) is 11.3. The van der Waals surface area contributed by atoms with Crippen molar-refractivity contribution in [3.8, 4) is 44.5 Å². The highest BCUT2D eigenvalue weighted by Gasteiger charge is 2.47. The lowest BCUT2D eigenvalue weighted by Gasteiger charge is -2.26. The van der Waals surface area contributed by atoms with Crippen LogP contribution in [0.25, 0.3) is 100 Å². The number of hydrogen-bond donors (Lipinski definition) is 0. The van der Waals surface area contributed by atoms with E-state index in [1.54, 1.807) is 5.56 Å². The van der Waals surface area contributed by atoms with Crippen molar-refractivity contribution in [3.05, 3.63) is 191 Å². The normalized spacial score (nSPS) is 18.0. The molecule has 9 aromatic rings. The van der Waals surface area contributed by atoms with Crippen molar-refractivity contribution in [2.24, 2.45) is 5.92 Å². The molecule has 0 aliphatic heterocycles. The van der Waals surface area contributed by atoms with E-state index >= 15 is 0 Å². The molecule has 0 N–H and O–H groups in total. The molecule has 1 saturated carbocycles. The number of furan rings is 1. The fourth-order valence-corrected chi connectivity index (χ4v) is 11.3. The number of rotatable bonds is 3. The molecule has 1 fully saturated rings. The van der Waals surface area contributed by atoms with Crippen LogP contribution in [0.4, 0.5) is 0 Å². The molecule has 1 heteroatoms. The van der Waals surface area contributed by atoms with Crippen LogP contribution in [0.5, 0.6) is 0 Å². The maximum atomic E-state index is 6.26. The molecule has 0 amide bonds. The summed E-state index contributed by atoms with van der Waals surface area (Å²) in [5, 5.41) is 7.67. The summed E-state index contributed by atoms with van der Waals surface area (Å²) in [7, 11) is 0. The molecule has 13 rings (SSSR count). The highest BCUT2D eigenvalue weighted by molar-refractivity contribution is 6.13. The van der Waals surface area contributed by atoms with E-state index in [1.165, 1.54) is 100 Å². The molecule has 0 bridgehead atoms. The zero-order valence-electron chi connectivity index (χ0n) is 32.6. The number of allylic oxidation sites excluding steroid dienone is 4. The van der Waals surface area contributed by atoms with Crippen molar-refractivity contribution in [3.63, 3.8) is 0 Å². The molecular formula is C57H40O. The van der Waals surface area contributed by atoms with Crippen molar-refractivity contribution >= 4 is 55.6 Å². The zero-order valence-corrected chi connectivity index (χ0v) is 32.6. The monoisotopic (exact) mass is 740 g/mol. The minimum Gasteiger partial charge on any atom is -0.456 e. The van der Waals surface area contributed by atoms with E-state index in [0.717, 1.165) is 28.4 Å². The lowest BCUT2D eigenvalue weighted by Crippen LogP contribution is -2.16. The van der Waals surface area contributed by atoms with Crippen LogP contribution in [-0.4, -0.2) is 0 Å². The third-order valence-corrected chi connectivity index (χ3v) is 13.9. The van der Waals surface area contributed by atoms with Gasteiger partial charge in [-0.05, 0) is 154 Å². The SMILES string of the molecule is CC1(C)c2ccc(-c3cccc(-c4c5c(c(-c6ccc7oc8ccccc8c7c6)c6ccccc46)CC=CC=C5)c3)cc2-c2c3c(c4ccccc4c21)C=CC1CC31. The third kappa shape index (κ3) is 4.42. The predicted molar refractivity (Wildman–Crippen MR) is 244 cm³/mol. The van der Waals surface area contributed by atoms with Gasteiger partial charge in [0.1, 0.15) is 11.2 Å². The Morgan fingerprint density at radius 1 is 0.534 bits per heavy atom. The first-order valence-electron chi connectivity index (χ1n) is 20.9. The molecule has 274 valence electrons. The minimum absolute atomic E-state index is 0.0843. The second-order valence-electron chi connectivity index (χ2n) is 17.4. The van der Waals surface area contributed by atoms with Crippen LogP contribution in [0.3, 0.4) is 0 Å². The summed E-state index contributed by atoms with van der Waals surface area (Å²) in [4.78, 5) is 0. The molecule has 0 radical (unpaired) electrons. The lowest BCUT2D eigenvalue weighted by atomic mass is 9.77.